The quantitative estimate of drug-likeness (QED) is 0.629. The van der Waals surface area contributed by atoms with Crippen molar-refractivity contribution in [3.05, 3.63) is 58.5 Å². The Morgan fingerprint density at radius 3 is 2.52 bits per heavy atom. The highest BCUT2D eigenvalue weighted by Gasteiger charge is 2.21. The van der Waals surface area contributed by atoms with E-state index >= 15 is 0 Å². The number of nitrogens with one attached hydrogen (secondary N) is 2. The Morgan fingerprint density at radius 2 is 1.81 bits per heavy atom. The van der Waals surface area contributed by atoms with Gasteiger partial charge in [0.05, 0.1) is 43.6 Å². The molecule has 1 fully saturated rings. The summed E-state index contributed by atoms with van der Waals surface area (Å²) in [6, 6.07) is 12.4. The van der Waals surface area contributed by atoms with Gasteiger partial charge in [0.2, 0.25) is 0 Å². The molecule has 1 aliphatic rings. The lowest BCUT2D eigenvalue weighted by atomic mass is 10.1. The molecule has 0 bridgehead atoms. The fourth-order valence-electron chi connectivity index (χ4n) is 4.12. The van der Waals surface area contributed by atoms with Gasteiger partial charge in [-0.25, -0.2) is 9.48 Å². The first-order valence-electron chi connectivity index (χ1n) is 10.4. The Balaban J connectivity index is 1.57. The zero-order chi connectivity index (χ0) is 21.8. The van der Waals surface area contributed by atoms with E-state index in [9.17, 15) is 9.59 Å². The number of fused-ring (bicyclic) bond motifs is 1. The second-order valence-corrected chi connectivity index (χ2v) is 7.53. The van der Waals surface area contributed by atoms with Crippen molar-refractivity contribution in [2.24, 2.45) is 0 Å². The summed E-state index contributed by atoms with van der Waals surface area (Å²) in [5, 5.41) is 11.6. The third-order valence-corrected chi connectivity index (χ3v) is 5.64. The number of carbonyl (C=O) groups is 1. The summed E-state index contributed by atoms with van der Waals surface area (Å²) in [5.74, 6) is 0.968. The van der Waals surface area contributed by atoms with Crippen LogP contribution in [0.3, 0.4) is 0 Å². The van der Waals surface area contributed by atoms with E-state index in [1.165, 1.54) is 14.2 Å². The van der Waals surface area contributed by atoms with Crippen molar-refractivity contribution in [2.75, 3.05) is 19.5 Å². The fraction of sp³-hybridized carbons (Fsp3) is 0.348. The molecule has 162 valence electrons. The number of urea groups is 1. The number of aromatic nitrogens is 2. The van der Waals surface area contributed by atoms with Crippen LogP contribution in [0.4, 0.5) is 10.5 Å². The molecule has 0 atom stereocenters. The molecule has 1 heterocycles. The van der Waals surface area contributed by atoms with Gasteiger partial charge in [0.25, 0.3) is 5.56 Å². The first-order chi connectivity index (χ1) is 15.1. The van der Waals surface area contributed by atoms with Gasteiger partial charge >= 0.3 is 6.03 Å². The normalized spacial score (nSPS) is 13.9. The van der Waals surface area contributed by atoms with Gasteiger partial charge in [-0.2, -0.15) is 5.10 Å². The average molecular weight is 422 g/mol. The molecule has 2 N–H and O–H groups in total. The summed E-state index contributed by atoms with van der Waals surface area (Å²) >= 11 is 0. The predicted molar refractivity (Wildman–Crippen MR) is 119 cm³/mol. The van der Waals surface area contributed by atoms with Crippen molar-refractivity contribution in [1.82, 2.24) is 15.1 Å². The zero-order valence-electron chi connectivity index (χ0n) is 17.7. The summed E-state index contributed by atoms with van der Waals surface area (Å²) in [4.78, 5) is 25.5. The number of para-hydroxylation sites is 1. The number of hydrogen-bond acceptors (Lipinski definition) is 5. The van der Waals surface area contributed by atoms with Crippen molar-refractivity contribution in [3.63, 3.8) is 0 Å². The Labute approximate surface area is 180 Å². The van der Waals surface area contributed by atoms with Gasteiger partial charge in [0, 0.05) is 5.39 Å². The van der Waals surface area contributed by atoms with Crippen LogP contribution in [-0.4, -0.2) is 30.0 Å². The molecule has 1 aromatic heterocycles. The van der Waals surface area contributed by atoms with E-state index in [4.69, 9.17) is 9.47 Å². The Bertz CT molecular complexity index is 1150. The fourth-order valence-corrected chi connectivity index (χ4v) is 4.12. The standard InChI is InChI=1S/C23H26N4O4/c1-30-20-13-7-12-18(21(20)31-2)25-23(29)24-14-19-16-10-5-6-11-17(16)22(28)27(26-19)15-8-3-4-9-15/h5-7,10-13,15H,3-4,8-9,14H2,1-2H3,(H2,24,25,29). The van der Waals surface area contributed by atoms with E-state index in [1.54, 1.807) is 22.9 Å². The van der Waals surface area contributed by atoms with E-state index in [1.807, 2.05) is 24.3 Å². The van der Waals surface area contributed by atoms with E-state index in [2.05, 4.69) is 15.7 Å². The molecule has 0 spiro atoms. The number of anilines is 1. The molecule has 3 aromatic rings. The number of ether oxygens (including phenoxy) is 2. The van der Waals surface area contributed by atoms with Crippen molar-refractivity contribution < 1.29 is 14.3 Å². The molecular weight excluding hydrogens is 396 g/mol. The molecule has 31 heavy (non-hydrogen) atoms. The van der Waals surface area contributed by atoms with Crippen molar-refractivity contribution in [2.45, 2.75) is 38.3 Å². The van der Waals surface area contributed by atoms with Crippen molar-refractivity contribution in [1.29, 1.82) is 0 Å². The summed E-state index contributed by atoms with van der Waals surface area (Å²) in [5.41, 5.74) is 1.08. The third-order valence-electron chi connectivity index (χ3n) is 5.64. The molecule has 0 unspecified atom stereocenters. The maximum atomic E-state index is 13.0. The van der Waals surface area contributed by atoms with Crippen molar-refractivity contribution >= 4 is 22.5 Å². The minimum absolute atomic E-state index is 0.0724. The van der Waals surface area contributed by atoms with Crippen LogP contribution in [0, 0.1) is 0 Å². The van der Waals surface area contributed by atoms with Gasteiger partial charge in [-0.1, -0.05) is 37.1 Å². The Morgan fingerprint density at radius 1 is 1.06 bits per heavy atom. The van der Waals surface area contributed by atoms with E-state index in [-0.39, 0.29) is 18.1 Å². The molecule has 2 aromatic carbocycles. The maximum absolute atomic E-state index is 13.0. The number of carbonyl (C=O) groups excluding carboxylic acids is 1. The van der Waals surface area contributed by atoms with Crippen LogP contribution >= 0.6 is 0 Å². The lowest BCUT2D eigenvalue weighted by molar-refractivity contribution is 0.251. The van der Waals surface area contributed by atoms with Crippen LogP contribution in [-0.2, 0) is 6.54 Å². The third kappa shape index (κ3) is 4.19. The number of rotatable bonds is 6. The van der Waals surface area contributed by atoms with E-state index in [0.717, 1.165) is 31.1 Å². The first kappa shape index (κ1) is 20.7. The molecule has 0 saturated heterocycles. The van der Waals surface area contributed by atoms with Gasteiger partial charge in [0.15, 0.2) is 11.5 Å². The average Bonchev–Trinajstić information content (AvgIpc) is 3.33. The number of amides is 2. The lowest BCUT2D eigenvalue weighted by Crippen LogP contribution is -2.32. The van der Waals surface area contributed by atoms with Gasteiger partial charge in [-0.3, -0.25) is 4.79 Å². The van der Waals surface area contributed by atoms with Gasteiger partial charge in [0.1, 0.15) is 0 Å². The SMILES string of the molecule is COc1cccc(NC(=O)NCc2nn(C3CCCC3)c(=O)c3ccccc23)c1OC. The minimum atomic E-state index is -0.406. The highest BCUT2D eigenvalue weighted by atomic mass is 16.5. The summed E-state index contributed by atoms with van der Waals surface area (Å²) in [7, 11) is 3.06. The van der Waals surface area contributed by atoms with Gasteiger partial charge < -0.3 is 20.1 Å². The van der Waals surface area contributed by atoms with E-state index < -0.39 is 6.03 Å². The second-order valence-electron chi connectivity index (χ2n) is 7.53. The number of hydrogen-bond donors (Lipinski definition) is 2. The largest absolute Gasteiger partial charge is 0.493 e. The number of benzene rings is 2. The summed E-state index contributed by atoms with van der Waals surface area (Å²) in [6.45, 7) is 0.186. The van der Waals surface area contributed by atoms with Crippen LogP contribution in [0.25, 0.3) is 10.8 Å². The highest BCUT2D eigenvalue weighted by Crippen LogP contribution is 2.34. The molecule has 4 rings (SSSR count). The molecule has 0 radical (unpaired) electrons. The van der Waals surface area contributed by atoms with Gasteiger partial charge in [-0.05, 0) is 31.0 Å². The number of methoxy groups -OCH3 is 2. The zero-order valence-corrected chi connectivity index (χ0v) is 17.7. The van der Waals surface area contributed by atoms with Crippen LogP contribution in [0.2, 0.25) is 0 Å². The van der Waals surface area contributed by atoms with Crippen LogP contribution in [0.5, 0.6) is 11.5 Å². The van der Waals surface area contributed by atoms with Crippen LogP contribution in [0.1, 0.15) is 37.4 Å². The maximum Gasteiger partial charge on any atom is 0.319 e. The topological polar surface area (TPSA) is 94.5 Å². The van der Waals surface area contributed by atoms with Crippen LogP contribution < -0.4 is 25.7 Å². The second kappa shape index (κ2) is 9.07. The molecule has 0 aliphatic heterocycles. The number of nitrogens with zero attached hydrogens (tertiary/aromatic N) is 2. The molecular formula is C23H26N4O4. The molecule has 2 amide bonds. The molecule has 1 saturated carbocycles. The lowest BCUT2D eigenvalue weighted by Gasteiger charge is -2.17. The summed E-state index contributed by atoms with van der Waals surface area (Å²) < 4.78 is 12.2. The summed E-state index contributed by atoms with van der Waals surface area (Å²) in [6.07, 6.45) is 4.11. The van der Waals surface area contributed by atoms with Crippen molar-refractivity contribution in [3.8, 4) is 11.5 Å². The smallest absolute Gasteiger partial charge is 0.319 e. The van der Waals surface area contributed by atoms with Crippen LogP contribution in [0.15, 0.2) is 47.3 Å². The Hall–Kier alpha value is -3.55. The first-order valence-corrected chi connectivity index (χ1v) is 10.4. The monoisotopic (exact) mass is 422 g/mol. The predicted octanol–water partition coefficient (Wildman–Crippen LogP) is 3.85. The Kier molecular flexibility index (Phi) is 6.06. The molecule has 8 nitrogen and oxygen atoms in total. The van der Waals surface area contributed by atoms with E-state index in [0.29, 0.717) is 28.3 Å². The molecule has 8 heteroatoms. The minimum Gasteiger partial charge on any atom is -0.493 e. The highest BCUT2D eigenvalue weighted by molar-refractivity contribution is 5.92. The molecule has 1 aliphatic carbocycles. The van der Waals surface area contributed by atoms with Gasteiger partial charge in [-0.15, -0.1) is 0 Å².